The van der Waals surface area contributed by atoms with Gasteiger partial charge in [0.1, 0.15) is 7.14 Å². The van der Waals surface area contributed by atoms with Crippen LogP contribution >= 0.6 is 7.14 Å². The van der Waals surface area contributed by atoms with Crippen molar-refractivity contribution in [1.29, 1.82) is 0 Å². The van der Waals surface area contributed by atoms with Crippen molar-refractivity contribution < 1.29 is 4.57 Å². The summed E-state index contributed by atoms with van der Waals surface area (Å²) in [6.07, 6.45) is 6.96. The molecule has 2 aliphatic carbocycles. The highest BCUT2D eigenvalue weighted by Crippen LogP contribution is 2.58. The van der Waals surface area contributed by atoms with E-state index in [4.69, 9.17) is 0 Å². The Kier molecular flexibility index (Phi) is 2.33. The lowest BCUT2D eigenvalue weighted by atomic mass is 10.1. The summed E-state index contributed by atoms with van der Waals surface area (Å²) in [5.74, 6) is 1.27. The molecule has 1 unspecified atom stereocenters. The SMILES string of the molecule is CP(=O)(c1ccccc1)[C@@H]1C[C@H]2C=C[C@@H]1C2. The van der Waals surface area contributed by atoms with Gasteiger partial charge in [0.25, 0.3) is 0 Å². The van der Waals surface area contributed by atoms with Crippen molar-refractivity contribution in [2.45, 2.75) is 18.5 Å². The molecule has 1 aromatic rings. The lowest BCUT2D eigenvalue weighted by Crippen LogP contribution is -2.20. The third kappa shape index (κ3) is 1.50. The minimum atomic E-state index is -2.19. The minimum Gasteiger partial charge on any atom is -0.319 e. The molecule has 1 nitrogen and oxygen atoms in total. The molecule has 2 bridgehead atoms. The van der Waals surface area contributed by atoms with Crippen molar-refractivity contribution in [3.05, 3.63) is 42.5 Å². The van der Waals surface area contributed by atoms with Crippen LogP contribution in [0.4, 0.5) is 0 Å². The first kappa shape index (κ1) is 10.4. The van der Waals surface area contributed by atoms with E-state index >= 15 is 0 Å². The first-order valence-corrected chi connectivity index (χ1v) is 8.21. The molecule has 0 N–H and O–H groups in total. The Balaban J connectivity index is 1.95. The predicted molar refractivity (Wildman–Crippen MR) is 68.7 cm³/mol. The smallest absolute Gasteiger partial charge is 0.116 e. The van der Waals surface area contributed by atoms with Gasteiger partial charge in [0.05, 0.1) is 0 Å². The van der Waals surface area contributed by atoms with E-state index in [1.54, 1.807) is 0 Å². The van der Waals surface area contributed by atoms with Crippen LogP contribution in [0, 0.1) is 11.8 Å². The standard InChI is InChI=1S/C14H17OP/c1-16(15,13-5-3-2-4-6-13)14-10-11-7-8-12(14)9-11/h2-8,11-12,14H,9-10H2,1H3/t11-,12+,14+,16?/m0/s1. The molecule has 84 valence electrons. The van der Waals surface area contributed by atoms with Gasteiger partial charge in [0.15, 0.2) is 0 Å². The largest absolute Gasteiger partial charge is 0.319 e. The Bertz CT molecular complexity index is 463. The van der Waals surface area contributed by atoms with Gasteiger partial charge in [0, 0.05) is 11.0 Å². The summed E-state index contributed by atoms with van der Waals surface area (Å²) in [6, 6.07) is 10.0. The van der Waals surface area contributed by atoms with E-state index in [1.807, 2.05) is 37.0 Å². The third-order valence-corrected chi connectivity index (χ3v) is 7.33. The van der Waals surface area contributed by atoms with E-state index in [0.29, 0.717) is 17.5 Å². The van der Waals surface area contributed by atoms with Crippen molar-refractivity contribution in [2.75, 3.05) is 6.66 Å². The van der Waals surface area contributed by atoms with Crippen LogP contribution in [0.2, 0.25) is 0 Å². The van der Waals surface area contributed by atoms with Gasteiger partial charge in [0.2, 0.25) is 0 Å². The van der Waals surface area contributed by atoms with Crippen LogP contribution in [0.3, 0.4) is 0 Å². The van der Waals surface area contributed by atoms with Crippen molar-refractivity contribution in [2.24, 2.45) is 11.8 Å². The molecule has 0 aliphatic heterocycles. The second-order valence-electron chi connectivity index (χ2n) is 5.17. The lowest BCUT2D eigenvalue weighted by Gasteiger charge is -2.26. The average Bonchev–Trinajstić information content (AvgIpc) is 2.92. The molecule has 1 aromatic carbocycles. The van der Waals surface area contributed by atoms with E-state index < -0.39 is 7.14 Å². The summed E-state index contributed by atoms with van der Waals surface area (Å²) in [7, 11) is -2.19. The fraction of sp³-hybridized carbons (Fsp3) is 0.429. The molecule has 0 spiro atoms. The van der Waals surface area contributed by atoms with E-state index in [9.17, 15) is 4.57 Å². The molecular formula is C14H17OP. The molecule has 2 aliphatic rings. The average molecular weight is 232 g/mol. The Morgan fingerprint density at radius 1 is 1.12 bits per heavy atom. The van der Waals surface area contributed by atoms with Crippen molar-refractivity contribution in [1.82, 2.24) is 0 Å². The molecule has 1 fully saturated rings. The fourth-order valence-corrected chi connectivity index (χ4v) is 6.01. The summed E-state index contributed by atoms with van der Waals surface area (Å²) in [4.78, 5) is 0. The molecule has 0 heterocycles. The molecule has 2 heteroatoms. The van der Waals surface area contributed by atoms with Crippen molar-refractivity contribution >= 4 is 12.4 Å². The van der Waals surface area contributed by atoms with Gasteiger partial charge in [-0.2, -0.15) is 0 Å². The predicted octanol–water partition coefficient (Wildman–Crippen LogP) is 3.27. The number of rotatable bonds is 2. The van der Waals surface area contributed by atoms with Crippen molar-refractivity contribution in [3.8, 4) is 0 Å². The molecular weight excluding hydrogens is 215 g/mol. The molecule has 0 saturated heterocycles. The van der Waals surface area contributed by atoms with E-state index in [0.717, 1.165) is 11.7 Å². The van der Waals surface area contributed by atoms with E-state index in [1.165, 1.54) is 6.42 Å². The van der Waals surface area contributed by atoms with Gasteiger partial charge in [-0.15, -0.1) is 0 Å². The Labute approximate surface area is 96.9 Å². The fourth-order valence-electron chi connectivity index (χ4n) is 3.23. The van der Waals surface area contributed by atoms with Crippen LogP contribution in [-0.4, -0.2) is 12.3 Å². The lowest BCUT2D eigenvalue weighted by molar-refractivity contribution is 0.561. The van der Waals surface area contributed by atoms with E-state index in [2.05, 4.69) is 12.2 Å². The Hall–Kier alpha value is -0.810. The van der Waals surface area contributed by atoms with Crippen LogP contribution in [0.15, 0.2) is 42.5 Å². The van der Waals surface area contributed by atoms with Crippen LogP contribution < -0.4 is 5.30 Å². The van der Waals surface area contributed by atoms with Crippen LogP contribution in [0.1, 0.15) is 12.8 Å². The molecule has 0 amide bonds. The molecule has 3 rings (SSSR count). The summed E-state index contributed by atoms with van der Waals surface area (Å²) in [5, 5.41) is 1.06. The van der Waals surface area contributed by atoms with Gasteiger partial charge in [-0.1, -0.05) is 42.5 Å². The van der Waals surface area contributed by atoms with E-state index in [-0.39, 0.29) is 0 Å². The molecule has 0 aromatic heterocycles. The summed E-state index contributed by atoms with van der Waals surface area (Å²) < 4.78 is 13.0. The maximum Gasteiger partial charge on any atom is 0.116 e. The number of hydrogen-bond donors (Lipinski definition) is 0. The van der Waals surface area contributed by atoms with Gasteiger partial charge >= 0.3 is 0 Å². The molecule has 0 radical (unpaired) electrons. The maximum atomic E-state index is 13.0. The quantitative estimate of drug-likeness (QED) is 0.565. The summed E-state index contributed by atoms with van der Waals surface area (Å²) in [5.41, 5.74) is 0.393. The normalized spacial score (nSPS) is 35.2. The van der Waals surface area contributed by atoms with Crippen molar-refractivity contribution in [3.63, 3.8) is 0 Å². The number of fused-ring (bicyclic) bond motifs is 2. The zero-order chi connectivity index (χ0) is 11.2. The van der Waals surface area contributed by atoms with Crippen LogP contribution in [0.25, 0.3) is 0 Å². The summed E-state index contributed by atoms with van der Waals surface area (Å²) >= 11 is 0. The highest BCUT2D eigenvalue weighted by molar-refractivity contribution is 7.71. The minimum absolute atomic E-state index is 0.393. The second-order valence-corrected chi connectivity index (χ2v) is 8.33. The number of allylic oxidation sites excluding steroid dienone is 2. The topological polar surface area (TPSA) is 17.1 Å². The highest BCUT2D eigenvalue weighted by atomic mass is 31.2. The highest BCUT2D eigenvalue weighted by Gasteiger charge is 2.44. The van der Waals surface area contributed by atoms with Crippen LogP contribution in [0.5, 0.6) is 0 Å². The summed E-state index contributed by atoms with van der Waals surface area (Å²) in [6.45, 7) is 1.97. The third-order valence-electron chi connectivity index (χ3n) is 4.15. The maximum absolute atomic E-state index is 13.0. The number of hydrogen-bond acceptors (Lipinski definition) is 1. The van der Waals surface area contributed by atoms with Gasteiger partial charge in [-0.05, 0) is 31.3 Å². The first-order chi connectivity index (χ1) is 7.68. The number of benzene rings is 1. The Morgan fingerprint density at radius 2 is 1.88 bits per heavy atom. The van der Waals surface area contributed by atoms with Crippen LogP contribution in [-0.2, 0) is 4.57 Å². The molecule has 1 saturated carbocycles. The van der Waals surface area contributed by atoms with Gasteiger partial charge in [-0.3, -0.25) is 0 Å². The molecule has 16 heavy (non-hydrogen) atoms. The molecule has 4 atom stereocenters. The van der Waals surface area contributed by atoms with Gasteiger partial charge in [-0.25, -0.2) is 0 Å². The monoisotopic (exact) mass is 232 g/mol. The Morgan fingerprint density at radius 3 is 2.44 bits per heavy atom. The zero-order valence-corrected chi connectivity index (χ0v) is 10.4. The first-order valence-electron chi connectivity index (χ1n) is 5.99. The second kappa shape index (κ2) is 3.60. The van der Waals surface area contributed by atoms with Gasteiger partial charge < -0.3 is 4.57 Å². The zero-order valence-electron chi connectivity index (χ0n) is 9.54.